The Morgan fingerprint density at radius 1 is 1.32 bits per heavy atom. The number of anilines is 2. The van der Waals surface area contributed by atoms with Crippen LogP contribution in [0.3, 0.4) is 0 Å². The van der Waals surface area contributed by atoms with E-state index in [-0.39, 0.29) is 0 Å². The smallest absolute Gasteiger partial charge is 0.225 e. The Bertz CT molecular complexity index is 562. The minimum atomic E-state index is 0.494. The van der Waals surface area contributed by atoms with E-state index < -0.39 is 0 Å². The summed E-state index contributed by atoms with van der Waals surface area (Å²) in [6.07, 6.45) is 1.70. The first-order chi connectivity index (χ1) is 9.10. The number of hydrogen-bond acceptors (Lipinski definition) is 6. The summed E-state index contributed by atoms with van der Waals surface area (Å²) in [5, 5.41) is 3.10. The van der Waals surface area contributed by atoms with Crippen molar-refractivity contribution >= 4 is 11.8 Å². The predicted octanol–water partition coefficient (Wildman–Crippen LogP) is 1.69. The van der Waals surface area contributed by atoms with Crippen molar-refractivity contribution in [3.8, 4) is 5.75 Å². The molecule has 100 valence electrons. The van der Waals surface area contributed by atoms with Crippen LogP contribution < -0.4 is 15.8 Å². The van der Waals surface area contributed by atoms with Crippen LogP contribution in [-0.4, -0.2) is 22.1 Å². The van der Waals surface area contributed by atoms with Crippen LogP contribution in [0.2, 0.25) is 0 Å². The highest BCUT2D eigenvalue weighted by molar-refractivity contribution is 5.46. The summed E-state index contributed by atoms with van der Waals surface area (Å²) in [6.45, 7) is 4.32. The molecule has 0 bridgehead atoms. The lowest BCUT2D eigenvalue weighted by molar-refractivity contribution is 0.413. The normalized spacial score (nSPS) is 10.3. The molecule has 6 heteroatoms. The summed E-state index contributed by atoms with van der Waals surface area (Å²) in [4.78, 5) is 12.8. The van der Waals surface area contributed by atoms with Crippen LogP contribution in [0.5, 0.6) is 5.75 Å². The highest BCUT2D eigenvalue weighted by Gasteiger charge is 2.05. The molecule has 2 aromatic heterocycles. The molecule has 2 heterocycles. The molecule has 0 aromatic carbocycles. The van der Waals surface area contributed by atoms with Crippen LogP contribution in [0, 0.1) is 13.8 Å². The van der Waals surface area contributed by atoms with Gasteiger partial charge in [0.2, 0.25) is 5.95 Å². The van der Waals surface area contributed by atoms with Gasteiger partial charge in [-0.1, -0.05) is 0 Å². The lowest BCUT2D eigenvalue weighted by Crippen LogP contribution is -2.09. The Hall–Kier alpha value is -2.37. The number of ether oxygens (including phenoxy) is 1. The van der Waals surface area contributed by atoms with Gasteiger partial charge in [-0.2, -0.15) is 4.98 Å². The maximum Gasteiger partial charge on any atom is 0.225 e. The summed E-state index contributed by atoms with van der Waals surface area (Å²) >= 11 is 0. The molecule has 6 nitrogen and oxygen atoms in total. The Balaban J connectivity index is 2.10. The molecule has 0 saturated heterocycles. The zero-order chi connectivity index (χ0) is 13.8. The predicted molar refractivity (Wildman–Crippen MR) is 74.0 cm³/mol. The molecule has 0 aliphatic heterocycles. The molecule has 19 heavy (non-hydrogen) atoms. The van der Waals surface area contributed by atoms with Crippen molar-refractivity contribution in [3.05, 3.63) is 35.3 Å². The van der Waals surface area contributed by atoms with Crippen molar-refractivity contribution in [3.63, 3.8) is 0 Å². The topological polar surface area (TPSA) is 86.0 Å². The summed E-state index contributed by atoms with van der Waals surface area (Å²) in [5.41, 5.74) is 8.43. The third kappa shape index (κ3) is 3.09. The lowest BCUT2D eigenvalue weighted by atomic mass is 10.2. The molecule has 0 radical (unpaired) electrons. The molecule has 3 N–H and O–H groups in total. The van der Waals surface area contributed by atoms with Gasteiger partial charge in [0.05, 0.1) is 19.3 Å². The first-order valence-electron chi connectivity index (χ1n) is 5.93. The first-order valence-corrected chi connectivity index (χ1v) is 5.93. The van der Waals surface area contributed by atoms with Gasteiger partial charge in [0.15, 0.2) is 0 Å². The largest absolute Gasteiger partial charge is 0.497 e. The molecule has 0 aliphatic rings. The van der Waals surface area contributed by atoms with Gasteiger partial charge >= 0.3 is 0 Å². The molecule has 0 aliphatic carbocycles. The van der Waals surface area contributed by atoms with E-state index >= 15 is 0 Å². The second-order valence-electron chi connectivity index (χ2n) is 4.18. The van der Waals surface area contributed by atoms with Crippen LogP contribution in [0.4, 0.5) is 11.8 Å². The molecule has 0 spiro atoms. The summed E-state index contributed by atoms with van der Waals surface area (Å²) < 4.78 is 5.14. The number of nitrogens with zero attached hydrogens (tertiary/aromatic N) is 3. The average molecular weight is 259 g/mol. The molecule has 0 atom stereocenters. The zero-order valence-electron chi connectivity index (χ0n) is 11.3. The van der Waals surface area contributed by atoms with Gasteiger partial charge < -0.3 is 15.8 Å². The Morgan fingerprint density at radius 3 is 2.79 bits per heavy atom. The molecular formula is C13H17N5O. The van der Waals surface area contributed by atoms with Crippen LogP contribution >= 0.6 is 0 Å². The average Bonchev–Trinajstić information content (AvgIpc) is 2.42. The van der Waals surface area contributed by atoms with E-state index in [0.29, 0.717) is 18.3 Å². The standard InChI is InChI=1S/C13H17N5O/c1-8-9(2)17-13(18-12(8)14)16-7-10-6-11(19-3)4-5-15-10/h4-6H,7H2,1-3H3,(H3,14,16,17,18). The molecule has 2 rings (SSSR count). The van der Waals surface area contributed by atoms with Gasteiger partial charge in [-0.15, -0.1) is 0 Å². The fourth-order valence-corrected chi connectivity index (χ4v) is 1.58. The maximum atomic E-state index is 5.81. The van der Waals surface area contributed by atoms with Crippen molar-refractivity contribution in [2.45, 2.75) is 20.4 Å². The van der Waals surface area contributed by atoms with E-state index in [1.807, 2.05) is 19.9 Å². The van der Waals surface area contributed by atoms with E-state index in [1.165, 1.54) is 0 Å². The summed E-state index contributed by atoms with van der Waals surface area (Å²) in [7, 11) is 1.62. The van der Waals surface area contributed by atoms with E-state index in [1.54, 1.807) is 19.4 Å². The third-order valence-electron chi connectivity index (χ3n) is 2.88. The number of nitrogen functional groups attached to an aromatic ring is 1. The lowest BCUT2D eigenvalue weighted by Gasteiger charge is -2.09. The van der Waals surface area contributed by atoms with Crippen LogP contribution in [0.1, 0.15) is 17.0 Å². The van der Waals surface area contributed by atoms with Crippen LogP contribution in [-0.2, 0) is 6.54 Å². The second-order valence-corrected chi connectivity index (χ2v) is 4.18. The minimum absolute atomic E-state index is 0.494. The first kappa shape index (κ1) is 13.1. The highest BCUT2D eigenvalue weighted by atomic mass is 16.5. The monoisotopic (exact) mass is 259 g/mol. The molecular weight excluding hydrogens is 242 g/mol. The van der Waals surface area contributed by atoms with E-state index in [0.717, 1.165) is 22.7 Å². The van der Waals surface area contributed by atoms with Crippen LogP contribution in [0.15, 0.2) is 18.3 Å². The van der Waals surface area contributed by atoms with Crippen molar-refractivity contribution < 1.29 is 4.74 Å². The Morgan fingerprint density at radius 2 is 2.11 bits per heavy atom. The second kappa shape index (κ2) is 5.51. The Labute approximate surface area is 112 Å². The fraction of sp³-hybridized carbons (Fsp3) is 0.308. The Kier molecular flexibility index (Phi) is 3.79. The van der Waals surface area contributed by atoms with Crippen molar-refractivity contribution in [1.29, 1.82) is 0 Å². The zero-order valence-corrected chi connectivity index (χ0v) is 11.3. The van der Waals surface area contributed by atoms with Crippen molar-refractivity contribution in [2.24, 2.45) is 0 Å². The summed E-state index contributed by atoms with van der Waals surface area (Å²) in [5.74, 6) is 1.77. The number of methoxy groups -OCH3 is 1. The van der Waals surface area contributed by atoms with E-state index in [4.69, 9.17) is 10.5 Å². The van der Waals surface area contributed by atoms with Gasteiger partial charge in [0.25, 0.3) is 0 Å². The van der Waals surface area contributed by atoms with Crippen molar-refractivity contribution in [2.75, 3.05) is 18.2 Å². The highest BCUT2D eigenvalue weighted by Crippen LogP contribution is 2.15. The number of nitrogens with one attached hydrogen (secondary N) is 1. The van der Waals surface area contributed by atoms with Gasteiger partial charge in [-0.25, -0.2) is 4.98 Å². The van der Waals surface area contributed by atoms with E-state index in [9.17, 15) is 0 Å². The minimum Gasteiger partial charge on any atom is -0.497 e. The quantitative estimate of drug-likeness (QED) is 0.869. The maximum absolute atomic E-state index is 5.81. The fourth-order valence-electron chi connectivity index (χ4n) is 1.58. The number of nitrogens with two attached hydrogens (primary N) is 1. The molecule has 0 fully saturated rings. The summed E-state index contributed by atoms with van der Waals surface area (Å²) in [6, 6.07) is 3.66. The number of hydrogen-bond donors (Lipinski definition) is 2. The number of aromatic nitrogens is 3. The van der Waals surface area contributed by atoms with Gasteiger partial charge in [-0.05, 0) is 19.9 Å². The van der Waals surface area contributed by atoms with Gasteiger partial charge in [0.1, 0.15) is 11.6 Å². The molecule has 0 unspecified atom stereocenters. The van der Waals surface area contributed by atoms with Crippen LogP contribution in [0.25, 0.3) is 0 Å². The number of rotatable bonds is 4. The number of pyridine rings is 1. The third-order valence-corrected chi connectivity index (χ3v) is 2.88. The molecule has 0 amide bonds. The SMILES string of the molecule is COc1ccnc(CNc2nc(C)c(C)c(N)n2)c1. The molecule has 2 aromatic rings. The van der Waals surface area contributed by atoms with E-state index in [2.05, 4.69) is 20.3 Å². The van der Waals surface area contributed by atoms with Crippen molar-refractivity contribution in [1.82, 2.24) is 15.0 Å². The van der Waals surface area contributed by atoms with Gasteiger partial charge in [-0.3, -0.25) is 4.98 Å². The number of aryl methyl sites for hydroxylation is 1. The molecule has 0 saturated carbocycles. The van der Waals surface area contributed by atoms with Gasteiger partial charge in [0, 0.05) is 23.5 Å².